The molecule has 4 heterocycles. The van der Waals surface area contributed by atoms with Crippen molar-refractivity contribution < 1.29 is 4.74 Å². The molecule has 2 bridgehead atoms. The number of nitrogens with one attached hydrogen (secondary N) is 2. The summed E-state index contributed by atoms with van der Waals surface area (Å²) in [7, 11) is 1.80. The average Bonchev–Trinajstić information content (AvgIpc) is 3.36. The SMILES string of the molecule is CN=C(NCc1cccnc1-n1ccnc1C)NC1CC2CCC1O2.I. The van der Waals surface area contributed by atoms with Crippen LogP contribution in [0.5, 0.6) is 0 Å². The maximum Gasteiger partial charge on any atom is 0.191 e. The summed E-state index contributed by atoms with van der Waals surface area (Å²) in [4.78, 5) is 13.2. The summed E-state index contributed by atoms with van der Waals surface area (Å²) in [5.74, 6) is 2.61. The summed E-state index contributed by atoms with van der Waals surface area (Å²) >= 11 is 0. The Morgan fingerprint density at radius 3 is 2.88 bits per heavy atom. The molecule has 3 atom stereocenters. The molecule has 2 aliphatic rings. The topological polar surface area (TPSA) is 76.4 Å². The lowest BCUT2D eigenvalue weighted by atomic mass is 9.96. The van der Waals surface area contributed by atoms with Crippen LogP contribution in [0, 0.1) is 6.92 Å². The van der Waals surface area contributed by atoms with Gasteiger partial charge in [0.1, 0.15) is 11.6 Å². The van der Waals surface area contributed by atoms with E-state index >= 15 is 0 Å². The maximum atomic E-state index is 5.91. The van der Waals surface area contributed by atoms with Gasteiger partial charge in [-0.15, -0.1) is 24.0 Å². The number of imidazole rings is 1. The molecule has 140 valence electrons. The van der Waals surface area contributed by atoms with Gasteiger partial charge >= 0.3 is 0 Å². The van der Waals surface area contributed by atoms with Crippen molar-refractivity contribution in [1.82, 2.24) is 25.2 Å². The van der Waals surface area contributed by atoms with Gasteiger partial charge < -0.3 is 15.4 Å². The van der Waals surface area contributed by atoms with Gasteiger partial charge in [-0.05, 0) is 32.3 Å². The van der Waals surface area contributed by atoms with Gasteiger partial charge in [0.2, 0.25) is 0 Å². The zero-order chi connectivity index (χ0) is 17.2. The zero-order valence-corrected chi connectivity index (χ0v) is 17.4. The monoisotopic (exact) mass is 468 g/mol. The van der Waals surface area contributed by atoms with Crippen LogP contribution >= 0.6 is 24.0 Å². The van der Waals surface area contributed by atoms with Crippen LogP contribution in [-0.4, -0.2) is 45.8 Å². The summed E-state index contributed by atoms with van der Waals surface area (Å²) in [6, 6.07) is 4.38. The molecular weight excluding hydrogens is 443 g/mol. The molecule has 0 spiro atoms. The lowest BCUT2D eigenvalue weighted by Crippen LogP contribution is -2.47. The number of aryl methyl sites for hydroxylation is 1. The van der Waals surface area contributed by atoms with E-state index < -0.39 is 0 Å². The first-order valence-electron chi connectivity index (χ1n) is 8.81. The lowest BCUT2D eigenvalue weighted by Gasteiger charge is -2.23. The first-order valence-corrected chi connectivity index (χ1v) is 8.81. The molecule has 0 radical (unpaired) electrons. The Kier molecular flexibility index (Phi) is 6.13. The van der Waals surface area contributed by atoms with Crippen molar-refractivity contribution in [2.24, 2.45) is 4.99 Å². The van der Waals surface area contributed by atoms with E-state index in [2.05, 4.69) is 31.7 Å². The summed E-state index contributed by atoms with van der Waals surface area (Å²) in [6.45, 7) is 2.61. The Hall–Kier alpha value is -1.68. The Balaban J connectivity index is 0.00000196. The second-order valence-electron chi connectivity index (χ2n) is 6.62. The largest absolute Gasteiger partial charge is 0.373 e. The summed E-state index contributed by atoms with van der Waals surface area (Å²) in [6.07, 6.45) is 9.68. The molecule has 0 amide bonds. The molecule has 2 aromatic heterocycles. The van der Waals surface area contributed by atoms with Gasteiger partial charge in [0.15, 0.2) is 5.96 Å². The lowest BCUT2D eigenvalue weighted by molar-refractivity contribution is 0.0992. The van der Waals surface area contributed by atoms with Gasteiger partial charge in [-0.1, -0.05) is 6.07 Å². The van der Waals surface area contributed by atoms with E-state index in [1.807, 2.05) is 23.8 Å². The molecule has 4 rings (SSSR count). The van der Waals surface area contributed by atoms with E-state index in [1.165, 1.54) is 6.42 Å². The van der Waals surface area contributed by atoms with E-state index in [1.54, 1.807) is 19.4 Å². The van der Waals surface area contributed by atoms with Crippen LogP contribution in [0.15, 0.2) is 35.7 Å². The van der Waals surface area contributed by atoms with Crippen molar-refractivity contribution >= 4 is 29.9 Å². The Morgan fingerprint density at radius 1 is 1.35 bits per heavy atom. The number of hydrogen-bond donors (Lipinski definition) is 2. The second kappa shape index (κ2) is 8.34. The minimum Gasteiger partial charge on any atom is -0.373 e. The molecule has 2 N–H and O–H groups in total. The first-order chi connectivity index (χ1) is 12.2. The fourth-order valence-corrected chi connectivity index (χ4v) is 3.73. The third-order valence-electron chi connectivity index (χ3n) is 5.02. The minimum atomic E-state index is 0. The predicted molar refractivity (Wildman–Crippen MR) is 111 cm³/mol. The molecule has 3 unspecified atom stereocenters. The highest BCUT2D eigenvalue weighted by molar-refractivity contribution is 14.0. The van der Waals surface area contributed by atoms with E-state index in [4.69, 9.17) is 4.74 Å². The van der Waals surface area contributed by atoms with Crippen molar-refractivity contribution in [3.63, 3.8) is 0 Å². The Morgan fingerprint density at radius 2 is 2.23 bits per heavy atom. The number of ether oxygens (including phenoxy) is 1. The van der Waals surface area contributed by atoms with E-state index in [-0.39, 0.29) is 24.0 Å². The molecule has 7 nitrogen and oxygen atoms in total. The molecule has 8 heteroatoms. The van der Waals surface area contributed by atoms with Crippen molar-refractivity contribution in [1.29, 1.82) is 0 Å². The quantitative estimate of drug-likeness (QED) is 0.409. The molecule has 0 saturated carbocycles. The third-order valence-corrected chi connectivity index (χ3v) is 5.02. The van der Waals surface area contributed by atoms with E-state index in [0.29, 0.717) is 24.8 Å². The smallest absolute Gasteiger partial charge is 0.191 e. The molecule has 26 heavy (non-hydrogen) atoms. The number of pyridine rings is 1. The van der Waals surface area contributed by atoms with Crippen LogP contribution in [0.1, 0.15) is 30.7 Å². The maximum absolute atomic E-state index is 5.91. The zero-order valence-electron chi connectivity index (χ0n) is 15.1. The average molecular weight is 468 g/mol. The van der Waals surface area contributed by atoms with Crippen molar-refractivity contribution in [2.45, 2.75) is 51.0 Å². The first kappa shape index (κ1) is 19.1. The number of aliphatic imine (C=N–C) groups is 1. The number of hydrogen-bond acceptors (Lipinski definition) is 4. The molecular formula is C18H25IN6O. The van der Waals surface area contributed by atoms with Gasteiger partial charge in [-0.25, -0.2) is 9.97 Å². The van der Waals surface area contributed by atoms with Gasteiger partial charge in [-0.2, -0.15) is 0 Å². The summed E-state index contributed by atoms with van der Waals surface area (Å²) in [5, 5.41) is 6.91. The van der Waals surface area contributed by atoms with Gasteiger partial charge in [0, 0.05) is 37.7 Å². The van der Waals surface area contributed by atoms with Crippen molar-refractivity contribution in [2.75, 3.05) is 7.05 Å². The van der Waals surface area contributed by atoms with E-state index in [0.717, 1.165) is 36.0 Å². The predicted octanol–water partition coefficient (Wildman–Crippen LogP) is 2.18. The molecule has 0 aliphatic carbocycles. The van der Waals surface area contributed by atoms with Crippen LogP contribution in [0.2, 0.25) is 0 Å². The van der Waals surface area contributed by atoms with Crippen LogP contribution in [-0.2, 0) is 11.3 Å². The highest BCUT2D eigenvalue weighted by Gasteiger charge is 2.41. The summed E-state index contributed by atoms with van der Waals surface area (Å²) < 4.78 is 7.91. The van der Waals surface area contributed by atoms with Crippen LogP contribution in [0.4, 0.5) is 0 Å². The number of rotatable bonds is 4. The number of halogens is 1. The van der Waals surface area contributed by atoms with Gasteiger partial charge in [-0.3, -0.25) is 9.56 Å². The van der Waals surface area contributed by atoms with Crippen molar-refractivity contribution in [3.8, 4) is 5.82 Å². The standard InChI is InChI=1S/C18H24N6O.HI/c1-12-20-8-9-24(12)17-13(4-3-7-21-17)11-22-18(19-2)23-15-10-14-5-6-16(15)25-14;/h3-4,7-9,14-16H,5-6,10-11H2,1-2H3,(H2,19,22,23);1H. The fraction of sp³-hybridized carbons (Fsp3) is 0.500. The number of nitrogens with zero attached hydrogens (tertiary/aromatic N) is 4. The van der Waals surface area contributed by atoms with Crippen molar-refractivity contribution in [3.05, 3.63) is 42.1 Å². The van der Waals surface area contributed by atoms with Gasteiger partial charge in [0.05, 0.1) is 18.2 Å². The van der Waals surface area contributed by atoms with Gasteiger partial charge in [0.25, 0.3) is 0 Å². The molecule has 2 aromatic rings. The number of guanidine groups is 1. The molecule has 0 aromatic carbocycles. The second-order valence-corrected chi connectivity index (χ2v) is 6.62. The van der Waals surface area contributed by atoms with E-state index in [9.17, 15) is 0 Å². The minimum absolute atomic E-state index is 0. The third kappa shape index (κ3) is 3.85. The number of aromatic nitrogens is 3. The molecule has 2 saturated heterocycles. The Labute approximate surface area is 170 Å². The Bertz CT molecular complexity index is 777. The van der Waals surface area contributed by atoms with Crippen LogP contribution in [0.25, 0.3) is 5.82 Å². The number of fused-ring (bicyclic) bond motifs is 2. The van der Waals surface area contributed by atoms with Crippen LogP contribution in [0.3, 0.4) is 0 Å². The summed E-state index contributed by atoms with van der Waals surface area (Å²) in [5.41, 5.74) is 1.09. The highest BCUT2D eigenvalue weighted by atomic mass is 127. The molecule has 2 fully saturated rings. The highest BCUT2D eigenvalue weighted by Crippen LogP contribution is 2.34. The fourth-order valence-electron chi connectivity index (χ4n) is 3.73. The normalized spacial score (nSPS) is 24.4. The molecule has 2 aliphatic heterocycles. The van der Waals surface area contributed by atoms with Crippen LogP contribution < -0.4 is 10.6 Å².